The molecule has 2 aromatic carbocycles. The van der Waals surface area contributed by atoms with E-state index in [1.165, 1.54) is 6.92 Å². The van der Waals surface area contributed by atoms with Crippen LogP contribution in [-0.2, 0) is 20.7 Å². The zero-order valence-electron chi connectivity index (χ0n) is 15.1. The van der Waals surface area contributed by atoms with Gasteiger partial charge in [-0.1, -0.05) is 17.3 Å². The topological polar surface area (TPSA) is 90.7 Å². The zero-order valence-corrected chi connectivity index (χ0v) is 15.1. The van der Waals surface area contributed by atoms with Crippen molar-refractivity contribution >= 4 is 28.5 Å². The van der Waals surface area contributed by atoms with Crippen molar-refractivity contribution in [2.24, 2.45) is 0 Å². The number of benzene rings is 2. The van der Waals surface area contributed by atoms with Crippen LogP contribution in [0.3, 0.4) is 0 Å². The van der Waals surface area contributed by atoms with Crippen molar-refractivity contribution in [2.45, 2.75) is 26.4 Å². The average molecular weight is 368 g/mol. The number of hydrogen-bond acceptors (Lipinski definition) is 6. The molecule has 1 atom stereocenters. The number of nitrogens with one attached hydrogen (secondary N) is 1. The molecule has 1 heterocycles. The molecular formula is C20H20N2O5. The largest absolute Gasteiger partial charge is 0.494 e. The van der Waals surface area contributed by atoms with Crippen molar-refractivity contribution in [1.29, 1.82) is 0 Å². The summed E-state index contributed by atoms with van der Waals surface area (Å²) in [4.78, 5) is 24.4. The molecule has 1 amide bonds. The molecule has 0 saturated heterocycles. The van der Waals surface area contributed by atoms with Crippen LogP contribution in [0, 0.1) is 0 Å². The predicted octanol–water partition coefficient (Wildman–Crippen LogP) is 3.34. The fourth-order valence-corrected chi connectivity index (χ4v) is 2.54. The second kappa shape index (κ2) is 8.35. The van der Waals surface area contributed by atoms with Crippen LogP contribution in [0.15, 0.2) is 53.1 Å². The fourth-order valence-electron chi connectivity index (χ4n) is 2.54. The van der Waals surface area contributed by atoms with Gasteiger partial charge >= 0.3 is 5.97 Å². The van der Waals surface area contributed by atoms with Crippen molar-refractivity contribution in [3.63, 3.8) is 0 Å². The molecule has 0 radical (unpaired) electrons. The maximum Gasteiger partial charge on any atom is 0.312 e. The lowest BCUT2D eigenvalue weighted by Gasteiger charge is -2.13. The first-order valence-corrected chi connectivity index (χ1v) is 8.63. The summed E-state index contributed by atoms with van der Waals surface area (Å²) in [6.45, 7) is 3.98. The molecular weight excluding hydrogens is 348 g/mol. The number of hydrogen-bond donors (Lipinski definition) is 1. The number of anilines is 1. The van der Waals surface area contributed by atoms with Crippen molar-refractivity contribution in [3.8, 4) is 5.75 Å². The van der Waals surface area contributed by atoms with Crippen LogP contribution in [0.5, 0.6) is 5.75 Å². The maximum absolute atomic E-state index is 12.2. The first kappa shape index (κ1) is 18.4. The third-order valence-corrected chi connectivity index (χ3v) is 3.87. The van der Waals surface area contributed by atoms with E-state index < -0.39 is 18.0 Å². The van der Waals surface area contributed by atoms with E-state index in [1.807, 2.05) is 25.1 Å². The van der Waals surface area contributed by atoms with E-state index in [4.69, 9.17) is 14.0 Å². The minimum Gasteiger partial charge on any atom is -0.494 e. The highest BCUT2D eigenvalue weighted by atomic mass is 16.5. The number of fused-ring (bicyclic) bond motifs is 1. The van der Waals surface area contributed by atoms with Crippen LogP contribution in [-0.4, -0.2) is 29.7 Å². The van der Waals surface area contributed by atoms with Crippen LogP contribution < -0.4 is 10.1 Å². The second-order valence-electron chi connectivity index (χ2n) is 5.88. The molecule has 0 spiro atoms. The Morgan fingerprint density at radius 3 is 2.63 bits per heavy atom. The molecule has 0 fully saturated rings. The van der Waals surface area contributed by atoms with Gasteiger partial charge in [0.1, 0.15) is 11.4 Å². The van der Waals surface area contributed by atoms with Crippen LogP contribution in [0.25, 0.3) is 11.0 Å². The number of carbonyl (C=O) groups excluding carboxylic acids is 2. The van der Waals surface area contributed by atoms with Gasteiger partial charge in [0, 0.05) is 11.1 Å². The normalized spacial score (nSPS) is 11.8. The number of esters is 1. The van der Waals surface area contributed by atoms with Gasteiger partial charge in [0.2, 0.25) is 0 Å². The molecule has 0 aliphatic rings. The summed E-state index contributed by atoms with van der Waals surface area (Å²) in [7, 11) is 0. The molecule has 3 aromatic rings. The predicted molar refractivity (Wildman–Crippen MR) is 99.5 cm³/mol. The van der Waals surface area contributed by atoms with Crippen molar-refractivity contribution in [3.05, 3.63) is 54.2 Å². The molecule has 0 aliphatic heterocycles. The standard InChI is InChI=1S/C20H20N2O5/c1-3-25-15-10-8-14(9-11-15)21-20(24)13(2)26-19(23)12-17-16-6-4-5-7-18(16)27-22-17/h4-11,13H,3,12H2,1-2H3,(H,21,24)/t13-/m0/s1. The molecule has 3 rings (SSSR count). The zero-order chi connectivity index (χ0) is 19.2. The molecule has 0 saturated carbocycles. The summed E-state index contributed by atoms with van der Waals surface area (Å²) in [5, 5.41) is 7.34. The summed E-state index contributed by atoms with van der Waals surface area (Å²) in [6, 6.07) is 14.2. The summed E-state index contributed by atoms with van der Waals surface area (Å²) < 4.78 is 15.7. The highest BCUT2D eigenvalue weighted by molar-refractivity contribution is 5.95. The molecule has 7 nitrogen and oxygen atoms in total. The second-order valence-corrected chi connectivity index (χ2v) is 5.88. The molecule has 27 heavy (non-hydrogen) atoms. The number of rotatable bonds is 7. The molecule has 1 aromatic heterocycles. The van der Waals surface area contributed by atoms with E-state index in [0.717, 1.165) is 11.1 Å². The van der Waals surface area contributed by atoms with Crippen molar-refractivity contribution in [1.82, 2.24) is 5.16 Å². The van der Waals surface area contributed by atoms with E-state index in [9.17, 15) is 9.59 Å². The van der Waals surface area contributed by atoms with Crippen LogP contribution in [0.2, 0.25) is 0 Å². The number of ether oxygens (including phenoxy) is 2. The lowest BCUT2D eigenvalue weighted by molar-refractivity contribution is -0.152. The van der Waals surface area contributed by atoms with Gasteiger partial charge in [-0.3, -0.25) is 9.59 Å². The van der Waals surface area contributed by atoms with E-state index in [2.05, 4.69) is 10.5 Å². The number of para-hydroxylation sites is 1. The highest BCUT2D eigenvalue weighted by Crippen LogP contribution is 2.19. The van der Waals surface area contributed by atoms with Gasteiger partial charge in [-0.15, -0.1) is 0 Å². The molecule has 0 bridgehead atoms. The number of carbonyl (C=O) groups is 2. The monoisotopic (exact) mass is 368 g/mol. The van der Waals surface area contributed by atoms with E-state index in [0.29, 0.717) is 23.6 Å². The Hall–Kier alpha value is -3.35. The first-order valence-electron chi connectivity index (χ1n) is 8.63. The van der Waals surface area contributed by atoms with Crippen molar-refractivity contribution < 1.29 is 23.6 Å². The summed E-state index contributed by atoms with van der Waals surface area (Å²) in [5.41, 5.74) is 1.67. The number of nitrogens with zero attached hydrogens (tertiary/aromatic N) is 1. The van der Waals surface area contributed by atoms with Gasteiger partial charge < -0.3 is 19.3 Å². The molecule has 0 aliphatic carbocycles. The third-order valence-electron chi connectivity index (χ3n) is 3.87. The molecule has 140 valence electrons. The van der Waals surface area contributed by atoms with Gasteiger partial charge in [-0.25, -0.2) is 0 Å². The Kier molecular flexibility index (Phi) is 5.71. The van der Waals surface area contributed by atoms with E-state index in [1.54, 1.807) is 30.3 Å². The van der Waals surface area contributed by atoms with Crippen LogP contribution in [0.4, 0.5) is 5.69 Å². The molecule has 7 heteroatoms. The maximum atomic E-state index is 12.2. The lowest BCUT2D eigenvalue weighted by atomic mass is 10.2. The third kappa shape index (κ3) is 4.63. The van der Waals surface area contributed by atoms with Crippen molar-refractivity contribution in [2.75, 3.05) is 11.9 Å². The van der Waals surface area contributed by atoms with Gasteiger partial charge in [0.05, 0.1) is 13.0 Å². The minimum absolute atomic E-state index is 0.0717. The van der Waals surface area contributed by atoms with E-state index in [-0.39, 0.29) is 6.42 Å². The van der Waals surface area contributed by atoms with Crippen LogP contribution >= 0.6 is 0 Å². The molecule has 1 N–H and O–H groups in total. The number of amides is 1. The van der Waals surface area contributed by atoms with Crippen LogP contribution in [0.1, 0.15) is 19.5 Å². The summed E-state index contributed by atoms with van der Waals surface area (Å²) in [6.07, 6.45) is -1.01. The summed E-state index contributed by atoms with van der Waals surface area (Å²) >= 11 is 0. The Morgan fingerprint density at radius 2 is 1.89 bits per heavy atom. The average Bonchev–Trinajstić information content (AvgIpc) is 3.06. The molecule has 0 unspecified atom stereocenters. The fraction of sp³-hybridized carbons (Fsp3) is 0.250. The minimum atomic E-state index is -0.942. The number of aromatic nitrogens is 1. The highest BCUT2D eigenvalue weighted by Gasteiger charge is 2.20. The SMILES string of the molecule is CCOc1ccc(NC(=O)[C@H](C)OC(=O)Cc2noc3ccccc23)cc1. The summed E-state index contributed by atoms with van der Waals surface area (Å²) in [5.74, 6) is -0.254. The van der Waals surface area contributed by atoms with Gasteiger partial charge in [-0.2, -0.15) is 0 Å². The Labute approximate surface area is 156 Å². The van der Waals surface area contributed by atoms with Gasteiger partial charge in [0.15, 0.2) is 11.7 Å². The Morgan fingerprint density at radius 1 is 1.15 bits per heavy atom. The lowest BCUT2D eigenvalue weighted by Crippen LogP contribution is -2.30. The van der Waals surface area contributed by atoms with Gasteiger partial charge in [0.25, 0.3) is 5.91 Å². The van der Waals surface area contributed by atoms with E-state index >= 15 is 0 Å². The quantitative estimate of drug-likeness (QED) is 0.643. The van der Waals surface area contributed by atoms with Gasteiger partial charge in [-0.05, 0) is 50.2 Å². The Bertz CT molecular complexity index is 933. The first-order chi connectivity index (χ1) is 13.1. The Balaban J connectivity index is 1.55. The smallest absolute Gasteiger partial charge is 0.312 e.